The number of hydrogen-bond acceptors (Lipinski definition) is 2. The van der Waals surface area contributed by atoms with Gasteiger partial charge in [0.2, 0.25) is 0 Å². The number of aryl methyl sites for hydroxylation is 3. The maximum Gasteiger partial charge on any atom is 0.340 e. The molecular formula is C14H15NO2. The molecule has 1 aliphatic rings. The molecule has 0 aliphatic heterocycles. The van der Waals surface area contributed by atoms with Crippen LogP contribution in [0.4, 0.5) is 0 Å². The van der Waals surface area contributed by atoms with Crippen LogP contribution in [0.2, 0.25) is 0 Å². The first-order valence-corrected chi connectivity index (χ1v) is 5.93. The molecular weight excluding hydrogens is 214 g/mol. The molecule has 0 radical (unpaired) electrons. The van der Waals surface area contributed by atoms with Crippen molar-refractivity contribution in [1.29, 1.82) is 0 Å². The van der Waals surface area contributed by atoms with Crippen molar-refractivity contribution in [3.63, 3.8) is 0 Å². The Hall–Kier alpha value is -1.77. The molecule has 1 heterocycles. The van der Waals surface area contributed by atoms with Crippen LogP contribution in [-0.2, 0) is 17.6 Å². The van der Waals surface area contributed by atoms with Crippen LogP contribution < -0.4 is 0 Å². The number of H-pyrrole nitrogens is 1. The van der Waals surface area contributed by atoms with Gasteiger partial charge < -0.3 is 9.72 Å². The van der Waals surface area contributed by atoms with E-state index in [1.54, 1.807) is 0 Å². The standard InChI is InChI=1S/C14H15NO2/c1-8-13(14(16)17-2)11-6-9-4-3-5-10(9)7-12(11)15-8/h6-7,15H,3-5H2,1-2H3. The van der Waals surface area contributed by atoms with Crippen molar-refractivity contribution in [2.75, 3.05) is 7.11 Å². The second kappa shape index (κ2) is 3.62. The molecule has 1 aromatic heterocycles. The van der Waals surface area contributed by atoms with E-state index in [9.17, 15) is 4.79 Å². The summed E-state index contributed by atoms with van der Waals surface area (Å²) in [6.07, 6.45) is 3.49. The molecule has 3 rings (SSSR count). The summed E-state index contributed by atoms with van der Waals surface area (Å²) in [6, 6.07) is 4.32. The molecule has 1 aliphatic carbocycles. The average molecular weight is 229 g/mol. The number of benzene rings is 1. The van der Waals surface area contributed by atoms with Crippen LogP contribution in [0.5, 0.6) is 0 Å². The fourth-order valence-corrected chi connectivity index (χ4v) is 2.77. The van der Waals surface area contributed by atoms with E-state index in [-0.39, 0.29) is 5.97 Å². The third kappa shape index (κ3) is 1.46. The summed E-state index contributed by atoms with van der Waals surface area (Å²) < 4.78 is 4.84. The van der Waals surface area contributed by atoms with Gasteiger partial charge in [-0.15, -0.1) is 0 Å². The molecule has 0 fully saturated rings. The number of methoxy groups -OCH3 is 1. The Morgan fingerprint density at radius 2 is 2.00 bits per heavy atom. The number of aromatic nitrogens is 1. The molecule has 88 valence electrons. The van der Waals surface area contributed by atoms with Crippen LogP contribution in [-0.4, -0.2) is 18.1 Å². The normalized spacial score (nSPS) is 14.0. The first-order chi connectivity index (χ1) is 8.20. The minimum absolute atomic E-state index is 0.258. The van der Waals surface area contributed by atoms with Crippen molar-refractivity contribution in [2.45, 2.75) is 26.2 Å². The lowest BCUT2D eigenvalue weighted by Crippen LogP contribution is -2.02. The van der Waals surface area contributed by atoms with E-state index in [1.807, 2.05) is 6.92 Å². The van der Waals surface area contributed by atoms with Crippen LogP contribution in [0.1, 0.15) is 33.6 Å². The van der Waals surface area contributed by atoms with Crippen LogP contribution in [0.3, 0.4) is 0 Å². The molecule has 2 aromatic rings. The van der Waals surface area contributed by atoms with E-state index in [2.05, 4.69) is 17.1 Å². The summed E-state index contributed by atoms with van der Waals surface area (Å²) in [5.41, 5.74) is 5.40. The summed E-state index contributed by atoms with van der Waals surface area (Å²) >= 11 is 0. The Balaban J connectivity index is 2.29. The number of rotatable bonds is 1. The van der Waals surface area contributed by atoms with Gasteiger partial charge in [-0.25, -0.2) is 4.79 Å². The quantitative estimate of drug-likeness (QED) is 0.764. The summed E-state index contributed by atoms with van der Waals surface area (Å²) in [4.78, 5) is 15.0. The van der Waals surface area contributed by atoms with E-state index >= 15 is 0 Å². The highest BCUT2D eigenvalue weighted by molar-refractivity contribution is 6.05. The number of aromatic amines is 1. The minimum atomic E-state index is -0.258. The van der Waals surface area contributed by atoms with Crippen molar-refractivity contribution < 1.29 is 9.53 Å². The zero-order valence-electron chi connectivity index (χ0n) is 10.1. The summed E-state index contributed by atoms with van der Waals surface area (Å²) in [5, 5.41) is 0.995. The third-order valence-electron chi connectivity index (χ3n) is 3.59. The number of carbonyl (C=O) groups is 1. The minimum Gasteiger partial charge on any atom is -0.465 e. The van der Waals surface area contributed by atoms with E-state index in [0.29, 0.717) is 5.56 Å². The molecule has 1 aromatic carbocycles. The van der Waals surface area contributed by atoms with Crippen molar-refractivity contribution in [3.05, 3.63) is 34.5 Å². The number of esters is 1. The van der Waals surface area contributed by atoms with Gasteiger partial charge in [0.05, 0.1) is 12.7 Å². The predicted octanol–water partition coefficient (Wildman–Crippen LogP) is 2.75. The Bertz CT molecular complexity index is 610. The van der Waals surface area contributed by atoms with E-state index < -0.39 is 0 Å². The van der Waals surface area contributed by atoms with Crippen molar-refractivity contribution in [1.82, 2.24) is 4.98 Å². The van der Waals surface area contributed by atoms with Crippen molar-refractivity contribution >= 4 is 16.9 Å². The van der Waals surface area contributed by atoms with Crippen molar-refractivity contribution in [3.8, 4) is 0 Å². The first-order valence-electron chi connectivity index (χ1n) is 5.93. The fourth-order valence-electron chi connectivity index (χ4n) is 2.77. The van der Waals surface area contributed by atoms with Gasteiger partial charge in [0.15, 0.2) is 0 Å². The monoisotopic (exact) mass is 229 g/mol. The highest BCUT2D eigenvalue weighted by atomic mass is 16.5. The number of nitrogens with one attached hydrogen (secondary N) is 1. The molecule has 3 heteroatoms. The molecule has 0 amide bonds. The van der Waals surface area contributed by atoms with Gasteiger partial charge >= 0.3 is 5.97 Å². The van der Waals surface area contributed by atoms with E-state index in [4.69, 9.17) is 4.74 Å². The van der Waals surface area contributed by atoms with Gasteiger partial charge in [0, 0.05) is 16.6 Å². The van der Waals surface area contributed by atoms with Crippen LogP contribution in [0.25, 0.3) is 10.9 Å². The first kappa shape index (κ1) is 10.4. The fraction of sp³-hybridized carbons (Fsp3) is 0.357. The number of hydrogen-bond donors (Lipinski definition) is 1. The summed E-state index contributed by atoms with van der Waals surface area (Å²) in [5.74, 6) is -0.258. The average Bonchev–Trinajstić information content (AvgIpc) is 2.87. The predicted molar refractivity (Wildman–Crippen MR) is 66.4 cm³/mol. The molecule has 1 N–H and O–H groups in total. The maximum absolute atomic E-state index is 11.8. The zero-order valence-corrected chi connectivity index (χ0v) is 10.1. The molecule has 0 atom stereocenters. The Kier molecular flexibility index (Phi) is 2.21. The number of fused-ring (bicyclic) bond motifs is 2. The SMILES string of the molecule is COC(=O)c1c(C)[nH]c2cc3c(cc12)CCC3. The van der Waals surface area contributed by atoms with Gasteiger partial charge in [-0.05, 0) is 49.4 Å². The van der Waals surface area contributed by atoms with Gasteiger partial charge in [-0.1, -0.05) is 0 Å². The van der Waals surface area contributed by atoms with Gasteiger partial charge in [0.25, 0.3) is 0 Å². The lowest BCUT2D eigenvalue weighted by molar-refractivity contribution is 0.0602. The third-order valence-corrected chi connectivity index (χ3v) is 3.59. The second-order valence-corrected chi connectivity index (χ2v) is 4.64. The maximum atomic E-state index is 11.8. The summed E-state index contributed by atoms with van der Waals surface area (Å²) in [6.45, 7) is 1.91. The van der Waals surface area contributed by atoms with E-state index in [1.165, 1.54) is 24.7 Å². The highest BCUT2D eigenvalue weighted by Gasteiger charge is 2.19. The van der Waals surface area contributed by atoms with Crippen LogP contribution in [0, 0.1) is 6.92 Å². The smallest absolute Gasteiger partial charge is 0.340 e. The van der Waals surface area contributed by atoms with Crippen LogP contribution >= 0.6 is 0 Å². The molecule has 0 spiro atoms. The number of carbonyl (C=O) groups excluding carboxylic acids is 1. The highest BCUT2D eigenvalue weighted by Crippen LogP contribution is 2.30. The molecule has 0 saturated carbocycles. The molecule has 0 saturated heterocycles. The lowest BCUT2D eigenvalue weighted by atomic mass is 10.0. The lowest BCUT2D eigenvalue weighted by Gasteiger charge is -2.01. The molecule has 0 bridgehead atoms. The van der Waals surface area contributed by atoms with Gasteiger partial charge in [-0.3, -0.25) is 0 Å². The largest absolute Gasteiger partial charge is 0.465 e. The molecule has 17 heavy (non-hydrogen) atoms. The molecule has 0 unspecified atom stereocenters. The van der Waals surface area contributed by atoms with Gasteiger partial charge in [-0.2, -0.15) is 0 Å². The Morgan fingerprint density at radius 3 is 2.71 bits per heavy atom. The van der Waals surface area contributed by atoms with E-state index in [0.717, 1.165) is 29.4 Å². The molecule has 3 nitrogen and oxygen atoms in total. The van der Waals surface area contributed by atoms with Crippen molar-refractivity contribution in [2.24, 2.45) is 0 Å². The number of ether oxygens (including phenoxy) is 1. The second-order valence-electron chi connectivity index (χ2n) is 4.64. The zero-order chi connectivity index (χ0) is 12.0. The Morgan fingerprint density at radius 1 is 1.29 bits per heavy atom. The topological polar surface area (TPSA) is 42.1 Å². The van der Waals surface area contributed by atoms with Crippen LogP contribution in [0.15, 0.2) is 12.1 Å². The Labute approximate surface area is 99.8 Å². The summed E-state index contributed by atoms with van der Waals surface area (Å²) in [7, 11) is 1.42. The van der Waals surface area contributed by atoms with Gasteiger partial charge in [0.1, 0.15) is 0 Å².